The van der Waals surface area contributed by atoms with Gasteiger partial charge in [-0.05, 0) is 50.6 Å². The van der Waals surface area contributed by atoms with Gasteiger partial charge in [0.05, 0.1) is 27.7 Å². The van der Waals surface area contributed by atoms with Crippen LogP contribution in [0.15, 0.2) is 41.6 Å². The molecule has 10 nitrogen and oxygen atoms in total. The van der Waals surface area contributed by atoms with Gasteiger partial charge in [-0.15, -0.1) is 0 Å². The number of rotatable bonds is 4. The summed E-state index contributed by atoms with van der Waals surface area (Å²) in [7, 11) is 5.61. The average molecular weight is 556 g/mol. The lowest BCUT2D eigenvalue weighted by Gasteiger charge is -2.39. The van der Waals surface area contributed by atoms with E-state index in [0.717, 1.165) is 60.0 Å². The number of aromatic nitrogens is 4. The molecule has 2 atom stereocenters. The number of halogens is 1. The molecule has 0 bridgehead atoms. The minimum absolute atomic E-state index is 0.217. The predicted octanol–water partition coefficient (Wildman–Crippen LogP) is 4.04. The third-order valence-corrected chi connectivity index (χ3v) is 8.92. The molecule has 6 heterocycles. The Morgan fingerprint density at radius 2 is 1.95 bits per heavy atom. The third-order valence-electron chi connectivity index (χ3n) is 8.92. The van der Waals surface area contributed by atoms with Crippen molar-refractivity contribution in [1.82, 2.24) is 24.4 Å². The first-order valence-corrected chi connectivity index (χ1v) is 13.7. The predicted molar refractivity (Wildman–Crippen MR) is 157 cm³/mol. The third kappa shape index (κ3) is 3.86. The van der Waals surface area contributed by atoms with Gasteiger partial charge in [0.15, 0.2) is 0 Å². The first kappa shape index (κ1) is 25.5. The summed E-state index contributed by atoms with van der Waals surface area (Å²) in [6, 6.07) is 5.23. The summed E-state index contributed by atoms with van der Waals surface area (Å²) in [6.45, 7) is 2.72. The van der Waals surface area contributed by atoms with E-state index in [1.165, 1.54) is 18.3 Å². The van der Waals surface area contributed by atoms with Crippen LogP contribution in [0, 0.1) is 11.7 Å². The number of aromatic carboxylic acids is 1. The van der Waals surface area contributed by atoms with E-state index in [1.54, 1.807) is 37.1 Å². The quantitative estimate of drug-likeness (QED) is 0.304. The maximum absolute atomic E-state index is 14.9. The Bertz CT molecular complexity index is 1950. The summed E-state index contributed by atoms with van der Waals surface area (Å²) >= 11 is 0. The molecule has 3 N–H and O–H groups in total. The highest BCUT2D eigenvalue weighted by Gasteiger charge is 2.37. The number of hydrogen-bond donors (Lipinski definition) is 3. The molecule has 0 amide bonds. The standard InChI is InChI=1S/C30H30FN7O3/c1-32-22-10-17(31)9-18-24-26(38-7-5-23-15(13-38)4-6-36(23)2)20(12-33-28(24)35-25(18)22)16-8-19-27(39)21(30(40)41)14-37(3)29(19)34-11-16/h8-12,14-15,23,32H,4-7,13H2,1-3H3,(H,33,35)(H,40,41)/t15-,23+/m0/s1. The van der Waals surface area contributed by atoms with Gasteiger partial charge in [0.2, 0.25) is 5.43 Å². The number of carbonyl (C=O) groups is 1. The van der Waals surface area contributed by atoms with Gasteiger partial charge in [-0.3, -0.25) is 4.79 Å². The average Bonchev–Trinajstić information content (AvgIpc) is 3.53. The smallest absolute Gasteiger partial charge is 0.341 e. The number of aromatic amines is 1. The van der Waals surface area contributed by atoms with Crippen molar-refractivity contribution in [2.24, 2.45) is 13.0 Å². The van der Waals surface area contributed by atoms with E-state index in [2.05, 4.69) is 32.1 Å². The molecule has 0 unspecified atom stereocenters. The number of nitrogens with one attached hydrogen (secondary N) is 2. The van der Waals surface area contributed by atoms with Crippen LogP contribution < -0.4 is 15.6 Å². The van der Waals surface area contributed by atoms with E-state index in [9.17, 15) is 19.1 Å². The minimum atomic E-state index is -1.28. The second-order valence-corrected chi connectivity index (χ2v) is 11.2. The number of anilines is 2. The van der Waals surface area contributed by atoms with Crippen LogP contribution >= 0.6 is 0 Å². The van der Waals surface area contributed by atoms with E-state index < -0.39 is 11.4 Å². The van der Waals surface area contributed by atoms with Crippen molar-refractivity contribution in [1.29, 1.82) is 0 Å². The fourth-order valence-electron chi connectivity index (χ4n) is 6.93. The largest absolute Gasteiger partial charge is 0.477 e. The summed E-state index contributed by atoms with van der Waals surface area (Å²) in [5, 5.41) is 14.4. The molecule has 0 spiro atoms. The number of piperidine rings is 1. The lowest BCUT2D eigenvalue weighted by molar-refractivity contribution is 0.0695. The number of nitrogens with zero attached hydrogens (tertiary/aromatic N) is 5. The first-order chi connectivity index (χ1) is 19.7. The Kier molecular flexibility index (Phi) is 5.75. The fraction of sp³-hybridized carbons (Fsp3) is 0.333. The Morgan fingerprint density at radius 3 is 2.73 bits per heavy atom. The van der Waals surface area contributed by atoms with E-state index in [-0.39, 0.29) is 16.8 Å². The molecule has 2 fully saturated rings. The normalized spacial score (nSPS) is 19.4. The van der Waals surface area contributed by atoms with E-state index in [0.29, 0.717) is 34.5 Å². The Labute approximate surface area is 234 Å². The summed E-state index contributed by atoms with van der Waals surface area (Å²) < 4.78 is 16.4. The molecule has 4 aromatic heterocycles. The summed E-state index contributed by atoms with van der Waals surface area (Å²) in [5.41, 5.74) is 3.86. The van der Waals surface area contributed by atoms with Crippen LogP contribution in [0.5, 0.6) is 0 Å². The Balaban J connectivity index is 1.51. The number of carboxylic acids is 1. The number of fused-ring (bicyclic) bond motifs is 5. The number of benzene rings is 1. The molecule has 0 radical (unpaired) electrons. The minimum Gasteiger partial charge on any atom is -0.477 e. The maximum Gasteiger partial charge on any atom is 0.341 e. The maximum atomic E-state index is 14.9. The van der Waals surface area contributed by atoms with Crippen LogP contribution in [0.3, 0.4) is 0 Å². The summed E-state index contributed by atoms with van der Waals surface area (Å²) in [5.74, 6) is -1.14. The molecule has 210 valence electrons. The molecule has 5 aromatic rings. The van der Waals surface area contributed by atoms with Crippen molar-refractivity contribution in [2.75, 3.05) is 43.9 Å². The van der Waals surface area contributed by atoms with Crippen molar-refractivity contribution in [3.8, 4) is 11.1 Å². The van der Waals surface area contributed by atoms with Crippen molar-refractivity contribution in [2.45, 2.75) is 18.9 Å². The van der Waals surface area contributed by atoms with Gasteiger partial charge in [0.25, 0.3) is 0 Å². The first-order valence-electron chi connectivity index (χ1n) is 13.7. The van der Waals surface area contributed by atoms with Gasteiger partial charge in [-0.1, -0.05) is 0 Å². The summed E-state index contributed by atoms with van der Waals surface area (Å²) in [6.07, 6.45) is 6.87. The highest BCUT2D eigenvalue weighted by Crippen LogP contribution is 2.44. The molecule has 2 aliphatic heterocycles. The molecule has 7 rings (SSSR count). The number of carboxylic acid groups (broad SMARTS) is 1. The van der Waals surface area contributed by atoms with Gasteiger partial charge in [0.1, 0.15) is 22.7 Å². The van der Waals surface area contributed by atoms with Crippen LogP contribution in [0.25, 0.3) is 44.1 Å². The van der Waals surface area contributed by atoms with Crippen molar-refractivity contribution in [3.05, 3.63) is 58.4 Å². The molecular formula is C30H30FN7O3. The number of likely N-dealkylation sites (tertiary alicyclic amines) is 1. The lowest BCUT2D eigenvalue weighted by atomic mass is 9.91. The zero-order valence-electron chi connectivity index (χ0n) is 23.0. The molecule has 0 aliphatic carbocycles. The molecular weight excluding hydrogens is 525 g/mol. The zero-order chi connectivity index (χ0) is 28.6. The molecule has 0 saturated carbocycles. The SMILES string of the molecule is CNc1cc(F)cc2c1[nH]c1ncc(-c3cnc4c(c3)c(=O)c(C(=O)O)cn4C)c(N3CC[C@@H]4[C@@H](CCN4C)C3)c12. The van der Waals surface area contributed by atoms with Crippen molar-refractivity contribution < 1.29 is 14.3 Å². The molecule has 1 aromatic carbocycles. The zero-order valence-corrected chi connectivity index (χ0v) is 23.0. The van der Waals surface area contributed by atoms with Crippen LogP contribution in [-0.2, 0) is 7.05 Å². The Hall–Kier alpha value is -4.51. The fourth-order valence-corrected chi connectivity index (χ4v) is 6.93. The van der Waals surface area contributed by atoms with Crippen LogP contribution in [0.1, 0.15) is 23.2 Å². The molecule has 2 saturated heterocycles. The van der Waals surface area contributed by atoms with Gasteiger partial charge in [-0.2, -0.15) is 0 Å². The van der Waals surface area contributed by atoms with Crippen molar-refractivity contribution in [3.63, 3.8) is 0 Å². The number of aryl methyl sites for hydroxylation is 1. The number of H-pyrrole nitrogens is 1. The Morgan fingerprint density at radius 1 is 1.12 bits per heavy atom. The van der Waals surface area contributed by atoms with Gasteiger partial charge in [-0.25, -0.2) is 19.2 Å². The molecule has 41 heavy (non-hydrogen) atoms. The monoisotopic (exact) mass is 555 g/mol. The van der Waals surface area contributed by atoms with E-state index in [4.69, 9.17) is 4.98 Å². The lowest BCUT2D eigenvalue weighted by Crippen LogP contribution is -2.45. The second-order valence-electron chi connectivity index (χ2n) is 11.2. The topological polar surface area (TPSA) is 119 Å². The second kappa shape index (κ2) is 9.27. The van der Waals surface area contributed by atoms with Crippen LogP contribution in [0.2, 0.25) is 0 Å². The van der Waals surface area contributed by atoms with Gasteiger partial charge >= 0.3 is 5.97 Å². The highest BCUT2D eigenvalue weighted by molar-refractivity contribution is 6.17. The van der Waals surface area contributed by atoms with Gasteiger partial charge < -0.3 is 29.8 Å². The van der Waals surface area contributed by atoms with Crippen LogP contribution in [0.4, 0.5) is 15.8 Å². The van der Waals surface area contributed by atoms with E-state index in [1.807, 2.05) is 0 Å². The van der Waals surface area contributed by atoms with Crippen LogP contribution in [-0.4, -0.2) is 75.3 Å². The van der Waals surface area contributed by atoms with Gasteiger partial charge in [0, 0.05) is 68.3 Å². The highest BCUT2D eigenvalue weighted by atomic mass is 19.1. The number of pyridine rings is 3. The summed E-state index contributed by atoms with van der Waals surface area (Å²) in [4.78, 5) is 42.5. The molecule has 11 heteroatoms. The van der Waals surface area contributed by atoms with E-state index >= 15 is 0 Å². The van der Waals surface area contributed by atoms with Crippen molar-refractivity contribution >= 4 is 50.3 Å². The molecule has 2 aliphatic rings. The number of hydrogen-bond acceptors (Lipinski definition) is 7.